The first-order valence-electron chi connectivity index (χ1n) is 5.79. The minimum atomic E-state index is -0.417. The number of pyridine rings is 1. The Balaban J connectivity index is 2.70. The van der Waals surface area contributed by atoms with Crippen molar-refractivity contribution in [2.45, 2.75) is 12.8 Å². The quantitative estimate of drug-likeness (QED) is 0.639. The van der Waals surface area contributed by atoms with E-state index in [1.54, 1.807) is 26.2 Å². The number of rotatable bonds is 3. The van der Waals surface area contributed by atoms with E-state index in [0.717, 1.165) is 10.9 Å². The molecule has 19 heavy (non-hydrogen) atoms. The highest BCUT2D eigenvalue weighted by atomic mass is 35.5. The molecule has 2 rings (SSSR count). The summed E-state index contributed by atoms with van der Waals surface area (Å²) in [5.74, 6) is -0.107. The van der Waals surface area contributed by atoms with Gasteiger partial charge in [-0.15, -0.1) is 0 Å². The summed E-state index contributed by atoms with van der Waals surface area (Å²) in [4.78, 5) is 16.0. The largest absolute Gasteiger partial charge is 0.494 e. The highest BCUT2D eigenvalue weighted by Gasteiger charge is 2.20. The lowest BCUT2D eigenvalue weighted by molar-refractivity contribution is -0.141. The second-order valence-electron chi connectivity index (χ2n) is 4.14. The minimum absolute atomic E-state index is 0.314. The zero-order valence-corrected chi connectivity index (χ0v) is 11.7. The van der Waals surface area contributed by atoms with E-state index >= 15 is 0 Å². The van der Waals surface area contributed by atoms with Crippen LogP contribution in [0.2, 0.25) is 5.15 Å². The van der Waals surface area contributed by atoms with Crippen LogP contribution in [0, 0.1) is 0 Å². The molecule has 1 aromatic heterocycles. The fourth-order valence-corrected chi connectivity index (χ4v) is 2.24. The van der Waals surface area contributed by atoms with E-state index in [1.807, 2.05) is 12.1 Å². The van der Waals surface area contributed by atoms with Gasteiger partial charge in [0.15, 0.2) is 0 Å². The van der Waals surface area contributed by atoms with Crippen LogP contribution in [-0.4, -0.2) is 25.2 Å². The Labute approximate surface area is 116 Å². The van der Waals surface area contributed by atoms with E-state index in [4.69, 9.17) is 21.1 Å². The van der Waals surface area contributed by atoms with Crippen molar-refractivity contribution in [3.8, 4) is 5.75 Å². The Morgan fingerprint density at radius 3 is 2.74 bits per heavy atom. The van der Waals surface area contributed by atoms with Gasteiger partial charge in [0.2, 0.25) is 0 Å². The molecule has 0 fully saturated rings. The third-order valence-electron chi connectivity index (χ3n) is 3.04. The van der Waals surface area contributed by atoms with Gasteiger partial charge < -0.3 is 9.47 Å². The van der Waals surface area contributed by atoms with Gasteiger partial charge in [-0.3, -0.25) is 4.79 Å². The van der Waals surface area contributed by atoms with Gasteiger partial charge in [-0.05, 0) is 24.6 Å². The summed E-state index contributed by atoms with van der Waals surface area (Å²) in [6, 6.07) is 7.23. The SMILES string of the molecule is COC(=O)C(C)c1cc(Cl)nc2c(OC)cccc12. The lowest BCUT2D eigenvalue weighted by Gasteiger charge is -2.14. The van der Waals surface area contributed by atoms with Crippen molar-refractivity contribution in [2.24, 2.45) is 0 Å². The molecule has 0 saturated heterocycles. The number of carbonyl (C=O) groups excluding carboxylic acids is 1. The molecule has 1 heterocycles. The number of aromatic nitrogens is 1. The monoisotopic (exact) mass is 279 g/mol. The molecule has 1 atom stereocenters. The van der Waals surface area contributed by atoms with E-state index in [-0.39, 0.29) is 5.97 Å². The first-order valence-corrected chi connectivity index (χ1v) is 6.17. The molecule has 1 unspecified atom stereocenters. The van der Waals surface area contributed by atoms with Gasteiger partial charge in [-0.1, -0.05) is 23.7 Å². The fraction of sp³-hybridized carbons (Fsp3) is 0.286. The maximum absolute atomic E-state index is 11.7. The third kappa shape index (κ3) is 2.49. The minimum Gasteiger partial charge on any atom is -0.494 e. The summed E-state index contributed by atoms with van der Waals surface area (Å²) in [6.07, 6.45) is 0. The maximum Gasteiger partial charge on any atom is 0.312 e. The Hall–Kier alpha value is -1.81. The van der Waals surface area contributed by atoms with E-state index in [0.29, 0.717) is 16.4 Å². The predicted molar refractivity (Wildman–Crippen MR) is 73.7 cm³/mol. The first-order chi connectivity index (χ1) is 9.08. The van der Waals surface area contributed by atoms with Gasteiger partial charge in [-0.2, -0.15) is 0 Å². The lowest BCUT2D eigenvalue weighted by atomic mass is 9.97. The molecule has 0 N–H and O–H groups in total. The average Bonchev–Trinajstić information content (AvgIpc) is 2.44. The van der Waals surface area contributed by atoms with Crippen molar-refractivity contribution in [1.29, 1.82) is 0 Å². The number of carbonyl (C=O) groups is 1. The van der Waals surface area contributed by atoms with E-state index in [2.05, 4.69) is 4.98 Å². The highest BCUT2D eigenvalue weighted by molar-refractivity contribution is 6.30. The van der Waals surface area contributed by atoms with Crippen molar-refractivity contribution in [2.75, 3.05) is 14.2 Å². The Bertz CT molecular complexity index is 627. The van der Waals surface area contributed by atoms with E-state index in [9.17, 15) is 4.79 Å². The summed E-state index contributed by atoms with van der Waals surface area (Å²) in [6.45, 7) is 1.77. The number of benzene rings is 1. The topological polar surface area (TPSA) is 48.4 Å². The van der Waals surface area contributed by atoms with Gasteiger partial charge in [0.05, 0.1) is 20.1 Å². The Morgan fingerprint density at radius 2 is 2.11 bits per heavy atom. The molecule has 0 bridgehead atoms. The van der Waals surface area contributed by atoms with Crippen LogP contribution < -0.4 is 4.74 Å². The number of para-hydroxylation sites is 1. The van der Waals surface area contributed by atoms with Crippen LogP contribution in [0.1, 0.15) is 18.4 Å². The number of hydrogen-bond donors (Lipinski definition) is 0. The summed E-state index contributed by atoms with van der Waals surface area (Å²) in [7, 11) is 2.94. The highest BCUT2D eigenvalue weighted by Crippen LogP contribution is 2.32. The number of hydrogen-bond acceptors (Lipinski definition) is 4. The predicted octanol–water partition coefficient (Wildman–Crippen LogP) is 3.17. The molecule has 100 valence electrons. The standard InChI is InChI=1S/C14H14ClNO3/c1-8(14(17)19-3)10-7-12(15)16-13-9(10)5-4-6-11(13)18-2/h4-8H,1-3H3. The average molecular weight is 280 g/mol. The van der Waals surface area contributed by atoms with Gasteiger partial charge in [0.1, 0.15) is 16.4 Å². The molecule has 4 nitrogen and oxygen atoms in total. The van der Waals surface area contributed by atoms with Crippen molar-refractivity contribution in [3.05, 3.63) is 35.0 Å². The van der Waals surface area contributed by atoms with Gasteiger partial charge in [-0.25, -0.2) is 4.98 Å². The number of ether oxygens (including phenoxy) is 2. The number of nitrogens with zero attached hydrogens (tertiary/aromatic N) is 1. The second kappa shape index (κ2) is 5.45. The molecular formula is C14H14ClNO3. The van der Waals surface area contributed by atoms with Crippen LogP contribution in [-0.2, 0) is 9.53 Å². The molecule has 0 aliphatic rings. The maximum atomic E-state index is 11.7. The fourth-order valence-electron chi connectivity index (χ4n) is 2.04. The molecule has 0 radical (unpaired) electrons. The van der Waals surface area contributed by atoms with E-state index in [1.165, 1.54) is 7.11 Å². The lowest BCUT2D eigenvalue weighted by Crippen LogP contribution is -2.11. The second-order valence-corrected chi connectivity index (χ2v) is 4.52. The zero-order valence-electron chi connectivity index (χ0n) is 10.9. The molecule has 0 amide bonds. The van der Waals surface area contributed by atoms with Gasteiger partial charge in [0.25, 0.3) is 0 Å². The summed E-state index contributed by atoms with van der Waals surface area (Å²) in [5, 5.41) is 1.16. The van der Waals surface area contributed by atoms with Crippen LogP contribution in [0.4, 0.5) is 0 Å². The zero-order chi connectivity index (χ0) is 14.0. The number of esters is 1. The third-order valence-corrected chi connectivity index (χ3v) is 3.24. The molecule has 0 spiro atoms. The van der Waals surface area contributed by atoms with Crippen molar-refractivity contribution in [1.82, 2.24) is 4.98 Å². The molecule has 0 aliphatic carbocycles. The molecule has 5 heteroatoms. The normalized spacial score (nSPS) is 12.2. The molecular weight excluding hydrogens is 266 g/mol. The smallest absolute Gasteiger partial charge is 0.312 e. The Kier molecular flexibility index (Phi) is 3.90. The van der Waals surface area contributed by atoms with Crippen molar-refractivity contribution in [3.63, 3.8) is 0 Å². The molecule has 0 aliphatic heterocycles. The number of methoxy groups -OCH3 is 2. The summed E-state index contributed by atoms with van der Waals surface area (Å²) >= 11 is 6.03. The first kappa shape index (κ1) is 13.6. The molecule has 0 saturated carbocycles. The van der Waals surface area contributed by atoms with Crippen LogP contribution in [0.3, 0.4) is 0 Å². The van der Waals surface area contributed by atoms with E-state index < -0.39 is 5.92 Å². The van der Waals surface area contributed by atoms with Crippen LogP contribution in [0.25, 0.3) is 10.9 Å². The van der Waals surface area contributed by atoms with Crippen LogP contribution in [0.15, 0.2) is 24.3 Å². The molecule has 1 aromatic carbocycles. The van der Waals surface area contributed by atoms with Crippen molar-refractivity contribution < 1.29 is 14.3 Å². The Morgan fingerprint density at radius 1 is 1.37 bits per heavy atom. The van der Waals surface area contributed by atoms with Crippen LogP contribution >= 0.6 is 11.6 Å². The summed E-state index contributed by atoms with van der Waals surface area (Å²) < 4.78 is 10.0. The summed E-state index contributed by atoms with van der Waals surface area (Å²) in [5.41, 5.74) is 1.42. The number of fused-ring (bicyclic) bond motifs is 1. The van der Waals surface area contributed by atoms with Gasteiger partial charge >= 0.3 is 5.97 Å². The molecule has 2 aromatic rings. The number of halogens is 1. The van der Waals surface area contributed by atoms with Gasteiger partial charge in [0, 0.05) is 5.39 Å². The van der Waals surface area contributed by atoms with Crippen LogP contribution in [0.5, 0.6) is 5.75 Å². The van der Waals surface area contributed by atoms with Crippen molar-refractivity contribution >= 4 is 28.5 Å².